The van der Waals surface area contributed by atoms with Gasteiger partial charge < -0.3 is 9.88 Å². The van der Waals surface area contributed by atoms with E-state index in [1.54, 1.807) is 0 Å². The van der Waals surface area contributed by atoms with Gasteiger partial charge in [0.15, 0.2) is 0 Å². The highest BCUT2D eigenvalue weighted by Gasteiger charge is 2.33. The third-order valence-corrected chi connectivity index (χ3v) is 4.32. The summed E-state index contributed by atoms with van der Waals surface area (Å²) in [6.07, 6.45) is 5.27. The maximum absolute atomic E-state index is 4.36. The third kappa shape index (κ3) is 2.54. The lowest BCUT2D eigenvalue weighted by Gasteiger charge is -2.26. The molecule has 1 aliphatic heterocycles. The van der Waals surface area contributed by atoms with Gasteiger partial charge in [0, 0.05) is 30.4 Å². The average molecular weight is 235 g/mol. The molecule has 3 heteroatoms. The van der Waals surface area contributed by atoms with Gasteiger partial charge in [-0.15, -0.1) is 0 Å². The summed E-state index contributed by atoms with van der Waals surface area (Å²) in [6, 6.07) is 0. The average Bonchev–Trinajstić information content (AvgIpc) is 2.87. The van der Waals surface area contributed by atoms with Crippen LogP contribution >= 0.6 is 0 Å². The summed E-state index contributed by atoms with van der Waals surface area (Å²) >= 11 is 0. The molecule has 17 heavy (non-hydrogen) atoms. The number of nitrogens with zero attached hydrogens (tertiary/aromatic N) is 2. The Morgan fingerprint density at radius 1 is 1.47 bits per heavy atom. The van der Waals surface area contributed by atoms with E-state index in [-0.39, 0.29) is 5.41 Å². The van der Waals surface area contributed by atoms with Crippen LogP contribution in [0.3, 0.4) is 0 Å². The van der Waals surface area contributed by atoms with Crippen molar-refractivity contribution in [2.45, 2.75) is 46.1 Å². The molecule has 3 nitrogen and oxygen atoms in total. The van der Waals surface area contributed by atoms with Crippen molar-refractivity contribution in [2.24, 2.45) is 11.8 Å². The van der Waals surface area contributed by atoms with Crippen LogP contribution in [0.1, 0.15) is 39.8 Å². The largest absolute Gasteiger partial charge is 0.334 e. The van der Waals surface area contributed by atoms with E-state index in [1.165, 1.54) is 12.1 Å². The van der Waals surface area contributed by atoms with Gasteiger partial charge in [-0.2, -0.15) is 0 Å². The molecule has 1 saturated heterocycles. The minimum absolute atomic E-state index is 0.271. The van der Waals surface area contributed by atoms with Gasteiger partial charge in [-0.05, 0) is 24.8 Å². The molecule has 1 fully saturated rings. The van der Waals surface area contributed by atoms with Crippen LogP contribution in [0.15, 0.2) is 12.5 Å². The van der Waals surface area contributed by atoms with Crippen LogP contribution in [0.4, 0.5) is 0 Å². The Labute approximate surface area is 105 Å². The van der Waals surface area contributed by atoms with Gasteiger partial charge in [-0.3, -0.25) is 0 Å². The summed E-state index contributed by atoms with van der Waals surface area (Å²) < 4.78 is 2.36. The molecule has 0 spiro atoms. The van der Waals surface area contributed by atoms with Crippen molar-refractivity contribution in [1.29, 1.82) is 0 Å². The van der Waals surface area contributed by atoms with Gasteiger partial charge in [0.25, 0.3) is 0 Å². The van der Waals surface area contributed by atoms with Gasteiger partial charge in [-0.1, -0.05) is 27.7 Å². The first-order valence-corrected chi connectivity index (χ1v) is 6.74. The SMILES string of the molecule is CC(C)C(C)Cn1cncc1C1(C)CCNC1. The van der Waals surface area contributed by atoms with E-state index in [2.05, 4.69) is 48.8 Å². The molecule has 2 heterocycles. The quantitative estimate of drug-likeness (QED) is 0.868. The monoisotopic (exact) mass is 235 g/mol. The van der Waals surface area contributed by atoms with Gasteiger partial charge >= 0.3 is 0 Å². The van der Waals surface area contributed by atoms with Gasteiger partial charge in [-0.25, -0.2) is 4.98 Å². The van der Waals surface area contributed by atoms with Gasteiger partial charge in [0.05, 0.1) is 6.33 Å². The first kappa shape index (κ1) is 12.6. The van der Waals surface area contributed by atoms with E-state index in [9.17, 15) is 0 Å². The molecule has 96 valence electrons. The minimum atomic E-state index is 0.271. The van der Waals surface area contributed by atoms with Crippen LogP contribution in [-0.2, 0) is 12.0 Å². The molecule has 0 amide bonds. The molecule has 2 unspecified atom stereocenters. The number of nitrogens with one attached hydrogen (secondary N) is 1. The molecule has 2 rings (SSSR count). The summed E-state index contributed by atoms with van der Waals surface area (Å²) in [7, 11) is 0. The maximum atomic E-state index is 4.36. The Bertz CT molecular complexity index is 361. The number of hydrogen-bond acceptors (Lipinski definition) is 2. The molecule has 0 bridgehead atoms. The predicted octanol–water partition coefficient (Wildman–Crippen LogP) is 2.43. The Kier molecular flexibility index (Phi) is 3.57. The Morgan fingerprint density at radius 3 is 2.82 bits per heavy atom. The van der Waals surface area contributed by atoms with Crippen LogP contribution in [0.2, 0.25) is 0 Å². The number of rotatable bonds is 4. The summed E-state index contributed by atoms with van der Waals surface area (Å²) in [5.74, 6) is 1.42. The zero-order chi connectivity index (χ0) is 12.5. The van der Waals surface area contributed by atoms with Crippen LogP contribution in [0.5, 0.6) is 0 Å². The highest BCUT2D eigenvalue weighted by atomic mass is 15.1. The predicted molar refractivity (Wildman–Crippen MR) is 71.1 cm³/mol. The van der Waals surface area contributed by atoms with Crippen molar-refractivity contribution in [1.82, 2.24) is 14.9 Å². The van der Waals surface area contributed by atoms with Crippen LogP contribution in [-0.4, -0.2) is 22.6 Å². The Balaban J connectivity index is 2.17. The van der Waals surface area contributed by atoms with Gasteiger partial charge in [0.1, 0.15) is 0 Å². The highest BCUT2D eigenvalue weighted by molar-refractivity contribution is 5.17. The number of aromatic nitrogens is 2. The van der Waals surface area contributed by atoms with E-state index in [4.69, 9.17) is 0 Å². The van der Waals surface area contributed by atoms with Crippen LogP contribution < -0.4 is 5.32 Å². The maximum Gasteiger partial charge on any atom is 0.0948 e. The molecule has 2 atom stereocenters. The summed E-state index contributed by atoms with van der Waals surface area (Å²) in [4.78, 5) is 4.36. The first-order chi connectivity index (χ1) is 8.03. The van der Waals surface area contributed by atoms with E-state index in [1.807, 2.05) is 6.33 Å². The second kappa shape index (κ2) is 4.81. The zero-order valence-corrected chi connectivity index (χ0v) is 11.5. The molecule has 1 N–H and O–H groups in total. The lowest BCUT2D eigenvalue weighted by molar-refractivity contribution is 0.347. The molecule has 0 radical (unpaired) electrons. The minimum Gasteiger partial charge on any atom is -0.334 e. The van der Waals surface area contributed by atoms with Crippen molar-refractivity contribution in [3.63, 3.8) is 0 Å². The molecule has 0 saturated carbocycles. The van der Waals surface area contributed by atoms with Crippen LogP contribution in [0.25, 0.3) is 0 Å². The first-order valence-electron chi connectivity index (χ1n) is 6.74. The Hall–Kier alpha value is -0.830. The second-order valence-electron chi connectivity index (χ2n) is 6.14. The van der Waals surface area contributed by atoms with Crippen molar-refractivity contribution in [2.75, 3.05) is 13.1 Å². The lowest BCUT2D eigenvalue weighted by Crippen LogP contribution is -2.29. The molecule has 1 aromatic rings. The summed E-state index contributed by atoms with van der Waals surface area (Å²) in [5.41, 5.74) is 1.67. The smallest absolute Gasteiger partial charge is 0.0948 e. The fraction of sp³-hybridized carbons (Fsp3) is 0.786. The van der Waals surface area contributed by atoms with E-state index in [0.717, 1.165) is 25.6 Å². The van der Waals surface area contributed by atoms with Crippen molar-refractivity contribution < 1.29 is 0 Å². The molecule has 1 aromatic heterocycles. The fourth-order valence-corrected chi connectivity index (χ4v) is 2.53. The van der Waals surface area contributed by atoms with Crippen molar-refractivity contribution >= 4 is 0 Å². The number of hydrogen-bond donors (Lipinski definition) is 1. The molecule has 1 aliphatic rings. The van der Waals surface area contributed by atoms with E-state index in [0.29, 0.717) is 5.92 Å². The zero-order valence-electron chi connectivity index (χ0n) is 11.5. The Morgan fingerprint density at radius 2 is 2.24 bits per heavy atom. The second-order valence-corrected chi connectivity index (χ2v) is 6.14. The van der Waals surface area contributed by atoms with E-state index >= 15 is 0 Å². The fourth-order valence-electron chi connectivity index (χ4n) is 2.53. The lowest BCUT2D eigenvalue weighted by atomic mass is 9.86. The van der Waals surface area contributed by atoms with Crippen molar-refractivity contribution in [3.05, 3.63) is 18.2 Å². The highest BCUT2D eigenvalue weighted by Crippen LogP contribution is 2.30. The topological polar surface area (TPSA) is 29.9 Å². The molecule has 0 aliphatic carbocycles. The van der Waals surface area contributed by atoms with Gasteiger partial charge in [0.2, 0.25) is 0 Å². The van der Waals surface area contributed by atoms with Crippen molar-refractivity contribution in [3.8, 4) is 0 Å². The summed E-state index contributed by atoms with van der Waals surface area (Å²) in [5, 5.41) is 3.46. The third-order valence-electron chi connectivity index (χ3n) is 4.32. The summed E-state index contributed by atoms with van der Waals surface area (Å²) in [6.45, 7) is 12.5. The molecular weight excluding hydrogens is 210 g/mol. The molecule has 0 aromatic carbocycles. The number of imidazole rings is 1. The normalized spacial score (nSPS) is 26.6. The van der Waals surface area contributed by atoms with E-state index < -0.39 is 0 Å². The standard InChI is InChI=1S/C14H25N3/c1-11(2)12(3)8-17-10-16-7-13(17)14(4)5-6-15-9-14/h7,10-12,15H,5-6,8-9H2,1-4H3. The van der Waals surface area contributed by atoms with Crippen LogP contribution in [0, 0.1) is 11.8 Å². The molecular formula is C14H25N3.